The predicted octanol–water partition coefficient (Wildman–Crippen LogP) is -1.98. The minimum atomic E-state index is 0. The van der Waals surface area contributed by atoms with Crippen LogP contribution in [0.1, 0.15) is 5.56 Å². The number of quaternary nitrogens is 1. The summed E-state index contributed by atoms with van der Waals surface area (Å²) in [4.78, 5) is 4.67. The van der Waals surface area contributed by atoms with Crippen LogP contribution in [0.4, 0.5) is 0 Å². The van der Waals surface area contributed by atoms with Crippen LogP contribution in [0, 0.1) is 0 Å². The van der Waals surface area contributed by atoms with E-state index in [1.54, 1.807) is 0 Å². The summed E-state index contributed by atoms with van der Waals surface area (Å²) >= 11 is 5.80. The summed E-state index contributed by atoms with van der Waals surface area (Å²) in [6.45, 7) is 0.472. The first-order valence-electron chi connectivity index (χ1n) is 2.95. The smallest absolute Gasteiger partial charge is 0.132 e. The van der Waals surface area contributed by atoms with Gasteiger partial charge in [0, 0.05) is 10.6 Å². The van der Waals surface area contributed by atoms with E-state index in [4.69, 9.17) is 11.6 Å². The Kier molecular flexibility index (Phi) is 5.24. The molecule has 4 heteroatoms. The van der Waals surface area contributed by atoms with Crippen LogP contribution in [0.3, 0.4) is 0 Å². The lowest BCUT2D eigenvalue weighted by Gasteiger charge is -1.97. The highest BCUT2D eigenvalue weighted by atomic mass is 35.5. The van der Waals surface area contributed by atoms with Gasteiger partial charge in [0.05, 0.1) is 0 Å². The van der Waals surface area contributed by atoms with Crippen molar-refractivity contribution in [1.82, 2.24) is 0 Å². The molecular weight excluding hydrogens is 185 g/mol. The number of hydrogen-bond donors (Lipinski definition) is 1. The van der Waals surface area contributed by atoms with E-state index in [1.807, 2.05) is 24.3 Å². The summed E-state index contributed by atoms with van der Waals surface area (Å²) in [5.74, 6) is 3.26. The third-order valence-electron chi connectivity index (χ3n) is 1.22. The molecule has 1 aromatic carbocycles. The summed E-state index contributed by atoms with van der Waals surface area (Å²) in [6.07, 6.45) is 0. The van der Waals surface area contributed by atoms with E-state index in [1.165, 1.54) is 0 Å². The van der Waals surface area contributed by atoms with E-state index in [0.717, 1.165) is 10.6 Å². The van der Waals surface area contributed by atoms with Gasteiger partial charge in [-0.1, -0.05) is 29.8 Å². The highest BCUT2D eigenvalue weighted by Gasteiger charge is 1.96. The summed E-state index contributed by atoms with van der Waals surface area (Å²) < 4.78 is 0. The molecule has 0 aliphatic heterocycles. The Labute approximate surface area is 76.7 Å². The maximum Gasteiger partial charge on any atom is 0.132 e. The van der Waals surface area contributed by atoms with Gasteiger partial charge in [-0.25, -0.2) is 10.7 Å². The molecule has 0 unspecified atom stereocenters. The quantitative estimate of drug-likeness (QED) is 0.544. The molecule has 0 aliphatic rings. The molecule has 0 heterocycles. The van der Waals surface area contributed by atoms with Gasteiger partial charge < -0.3 is 12.4 Å². The molecule has 62 valence electrons. The van der Waals surface area contributed by atoms with Crippen LogP contribution in [0.25, 0.3) is 0 Å². The average molecular weight is 194 g/mol. The van der Waals surface area contributed by atoms with Gasteiger partial charge in [-0.3, -0.25) is 0 Å². The molecule has 0 aliphatic carbocycles. The lowest BCUT2D eigenvalue weighted by molar-refractivity contribution is -0.695. The lowest BCUT2D eigenvalue weighted by Crippen LogP contribution is -3.00. The second kappa shape index (κ2) is 5.38. The van der Waals surface area contributed by atoms with Crippen LogP contribution < -0.4 is 18.3 Å². The molecule has 1 aromatic rings. The predicted molar refractivity (Wildman–Crippen MR) is 39.1 cm³/mol. The standard InChI is InChI=1S/C7H9ClNO.ClH/c8-7-4-2-1-3-6(7)5-10-9;/h1-4H,5H2,9H3;1H/q+1;/p-1. The van der Waals surface area contributed by atoms with Crippen molar-refractivity contribution in [1.29, 1.82) is 0 Å². The van der Waals surface area contributed by atoms with Gasteiger partial charge in [-0.05, 0) is 6.07 Å². The molecule has 0 aromatic heterocycles. The lowest BCUT2D eigenvalue weighted by atomic mass is 10.2. The largest absolute Gasteiger partial charge is 1.00 e. The van der Waals surface area contributed by atoms with Crippen LogP contribution in [-0.4, -0.2) is 0 Å². The Morgan fingerprint density at radius 3 is 2.55 bits per heavy atom. The van der Waals surface area contributed by atoms with Crippen molar-refractivity contribution in [2.45, 2.75) is 6.61 Å². The highest BCUT2D eigenvalue weighted by Crippen LogP contribution is 2.14. The summed E-state index contributed by atoms with van der Waals surface area (Å²) in [7, 11) is 0. The molecule has 1 rings (SSSR count). The fourth-order valence-electron chi connectivity index (χ4n) is 0.725. The maximum absolute atomic E-state index is 5.80. The first-order valence-corrected chi connectivity index (χ1v) is 3.33. The van der Waals surface area contributed by atoms with Crippen molar-refractivity contribution in [3.63, 3.8) is 0 Å². The second-order valence-corrected chi connectivity index (χ2v) is 2.35. The zero-order chi connectivity index (χ0) is 7.40. The van der Waals surface area contributed by atoms with Gasteiger partial charge in [-0.2, -0.15) is 0 Å². The number of benzene rings is 1. The van der Waals surface area contributed by atoms with E-state index in [9.17, 15) is 0 Å². The van der Waals surface area contributed by atoms with Gasteiger partial charge in [0.2, 0.25) is 0 Å². The average Bonchev–Trinajstić information content (AvgIpc) is 1.94. The normalized spacial score (nSPS) is 8.91. The molecule has 0 bridgehead atoms. The second-order valence-electron chi connectivity index (χ2n) is 1.94. The Morgan fingerprint density at radius 2 is 2.00 bits per heavy atom. The van der Waals surface area contributed by atoms with E-state index in [2.05, 4.69) is 10.7 Å². The van der Waals surface area contributed by atoms with Crippen molar-refractivity contribution < 1.29 is 23.1 Å². The molecular formula is C7H9Cl2NO. The topological polar surface area (TPSA) is 36.9 Å². The Balaban J connectivity index is 0.000001000. The Hall–Kier alpha value is -0.280. The van der Waals surface area contributed by atoms with Crippen molar-refractivity contribution in [3.8, 4) is 0 Å². The third-order valence-corrected chi connectivity index (χ3v) is 1.58. The van der Waals surface area contributed by atoms with E-state index < -0.39 is 0 Å². The molecule has 11 heavy (non-hydrogen) atoms. The van der Waals surface area contributed by atoms with Gasteiger partial charge >= 0.3 is 0 Å². The van der Waals surface area contributed by atoms with Crippen LogP contribution in [0.5, 0.6) is 0 Å². The molecule has 0 fully saturated rings. The fourth-order valence-corrected chi connectivity index (χ4v) is 0.916. The van der Waals surface area contributed by atoms with Crippen LogP contribution >= 0.6 is 11.6 Å². The highest BCUT2D eigenvalue weighted by molar-refractivity contribution is 6.31. The van der Waals surface area contributed by atoms with Crippen molar-refractivity contribution >= 4 is 11.6 Å². The molecule has 0 saturated heterocycles. The molecule has 2 nitrogen and oxygen atoms in total. The molecule has 0 amide bonds. The van der Waals surface area contributed by atoms with Crippen molar-refractivity contribution in [2.24, 2.45) is 0 Å². The molecule has 0 atom stereocenters. The SMILES string of the molecule is [Cl-].[NH3+]OCc1ccccc1Cl. The first-order chi connectivity index (χ1) is 4.84. The number of halogens is 2. The zero-order valence-electron chi connectivity index (χ0n) is 5.89. The van der Waals surface area contributed by atoms with Crippen LogP contribution in [0.15, 0.2) is 24.3 Å². The van der Waals surface area contributed by atoms with Gasteiger partial charge in [0.1, 0.15) is 6.61 Å². The minimum Gasteiger partial charge on any atom is -1.00 e. The van der Waals surface area contributed by atoms with Crippen LogP contribution in [-0.2, 0) is 11.4 Å². The maximum atomic E-state index is 5.80. The summed E-state index contributed by atoms with van der Waals surface area (Å²) in [5, 5.41) is 0.728. The molecule has 0 radical (unpaired) electrons. The molecule has 0 saturated carbocycles. The van der Waals surface area contributed by atoms with E-state index in [-0.39, 0.29) is 12.4 Å². The Morgan fingerprint density at radius 1 is 1.36 bits per heavy atom. The van der Waals surface area contributed by atoms with Gasteiger partial charge in [-0.15, -0.1) is 0 Å². The molecule has 3 N–H and O–H groups in total. The van der Waals surface area contributed by atoms with Crippen molar-refractivity contribution in [3.05, 3.63) is 34.9 Å². The van der Waals surface area contributed by atoms with Gasteiger partial charge in [0.25, 0.3) is 0 Å². The van der Waals surface area contributed by atoms with Crippen LogP contribution in [0.2, 0.25) is 5.02 Å². The first kappa shape index (κ1) is 10.7. The summed E-state index contributed by atoms with van der Waals surface area (Å²) in [6, 6.07) is 7.54. The number of hydrogen-bond acceptors (Lipinski definition) is 1. The third kappa shape index (κ3) is 3.08. The fraction of sp³-hybridized carbons (Fsp3) is 0.143. The van der Waals surface area contributed by atoms with Crippen molar-refractivity contribution in [2.75, 3.05) is 0 Å². The Bertz CT molecular complexity index is 217. The monoisotopic (exact) mass is 193 g/mol. The zero-order valence-corrected chi connectivity index (χ0v) is 7.40. The molecule has 0 spiro atoms. The minimum absolute atomic E-state index is 0. The van der Waals surface area contributed by atoms with E-state index in [0.29, 0.717) is 6.61 Å². The number of rotatable bonds is 2. The summed E-state index contributed by atoms with van der Waals surface area (Å²) in [5.41, 5.74) is 0.971. The van der Waals surface area contributed by atoms with E-state index >= 15 is 0 Å². The van der Waals surface area contributed by atoms with Gasteiger partial charge in [0.15, 0.2) is 0 Å².